The van der Waals surface area contributed by atoms with Crippen LogP contribution in [0.4, 0.5) is 0 Å². The molecule has 0 aliphatic carbocycles. The summed E-state index contributed by atoms with van der Waals surface area (Å²) in [6.45, 7) is 4.71. The largest absolute Gasteiger partial charge is 0.381 e. The van der Waals surface area contributed by atoms with E-state index in [1.165, 1.54) is 5.56 Å². The molecule has 1 aromatic rings. The Morgan fingerprint density at radius 1 is 1.24 bits per heavy atom. The van der Waals surface area contributed by atoms with Gasteiger partial charge in [0.1, 0.15) is 5.84 Å². The van der Waals surface area contributed by atoms with Crippen LogP contribution in [0, 0.1) is 0 Å². The van der Waals surface area contributed by atoms with E-state index in [4.69, 9.17) is 9.73 Å². The molecule has 0 unspecified atom stereocenters. The van der Waals surface area contributed by atoms with Crippen LogP contribution in [-0.4, -0.2) is 36.7 Å². The Balaban J connectivity index is 1.62. The van der Waals surface area contributed by atoms with Crippen molar-refractivity contribution < 1.29 is 4.74 Å². The summed E-state index contributed by atoms with van der Waals surface area (Å²) >= 11 is 0. The number of amidine groups is 1. The van der Waals surface area contributed by atoms with E-state index in [0.717, 1.165) is 38.6 Å². The van der Waals surface area contributed by atoms with E-state index in [9.17, 15) is 0 Å². The van der Waals surface area contributed by atoms with Crippen LogP contribution >= 0.6 is 0 Å². The number of nitrogens with zero attached hydrogens (tertiary/aromatic N) is 2. The van der Waals surface area contributed by atoms with Gasteiger partial charge in [-0.3, -0.25) is 4.99 Å². The van der Waals surface area contributed by atoms with Crippen molar-refractivity contribution in [2.24, 2.45) is 4.99 Å². The van der Waals surface area contributed by atoms with Gasteiger partial charge >= 0.3 is 0 Å². The van der Waals surface area contributed by atoms with Crippen LogP contribution in [0.3, 0.4) is 0 Å². The number of rotatable bonds is 3. The molecule has 1 fully saturated rings. The molecule has 1 saturated heterocycles. The summed E-state index contributed by atoms with van der Waals surface area (Å²) in [7, 11) is 0. The zero-order valence-electron chi connectivity index (χ0n) is 12.5. The Morgan fingerprint density at radius 3 is 2.67 bits per heavy atom. The van der Waals surface area contributed by atoms with E-state index in [-0.39, 0.29) is 6.04 Å². The highest BCUT2D eigenvalue weighted by Crippen LogP contribution is 2.18. The zero-order valence-corrected chi connectivity index (χ0v) is 12.5. The molecular weight excluding hydrogens is 262 g/mol. The topological polar surface area (TPSA) is 36.9 Å². The number of ether oxygens (including phenoxy) is 1. The first-order chi connectivity index (χ1) is 10.3. The van der Waals surface area contributed by atoms with E-state index in [0.29, 0.717) is 6.04 Å². The summed E-state index contributed by atoms with van der Waals surface area (Å²) in [5.74, 6) is 0.967. The maximum Gasteiger partial charge on any atom is 0.124 e. The molecule has 1 aromatic carbocycles. The summed E-state index contributed by atoms with van der Waals surface area (Å²) in [6.07, 6.45) is 6.47. The molecule has 21 heavy (non-hydrogen) atoms. The average molecular weight is 285 g/mol. The summed E-state index contributed by atoms with van der Waals surface area (Å²) in [5.41, 5.74) is 1.24. The molecule has 2 aliphatic rings. The quantitative estimate of drug-likeness (QED) is 0.927. The first-order valence-corrected chi connectivity index (χ1v) is 7.71. The van der Waals surface area contributed by atoms with Crippen LogP contribution in [0.25, 0.3) is 0 Å². The van der Waals surface area contributed by atoms with Gasteiger partial charge in [-0.15, -0.1) is 0 Å². The summed E-state index contributed by atoms with van der Waals surface area (Å²) in [4.78, 5) is 7.11. The minimum atomic E-state index is 0.174. The fraction of sp³-hybridized carbons (Fsp3) is 0.471. The molecule has 0 saturated carbocycles. The van der Waals surface area contributed by atoms with Crippen molar-refractivity contribution in [3.8, 4) is 0 Å². The Morgan fingerprint density at radius 2 is 2.00 bits per heavy atom. The first-order valence-electron chi connectivity index (χ1n) is 7.71. The Kier molecular flexibility index (Phi) is 4.55. The van der Waals surface area contributed by atoms with Crippen LogP contribution < -0.4 is 5.32 Å². The minimum absolute atomic E-state index is 0.174. The smallest absolute Gasteiger partial charge is 0.124 e. The Bertz CT molecular complexity index is 506. The molecule has 4 nitrogen and oxygen atoms in total. The number of nitrogens with one attached hydrogen (secondary N) is 1. The van der Waals surface area contributed by atoms with Gasteiger partial charge in [0, 0.05) is 25.5 Å². The second-order valence-electron chi connectivity index (χ2n) is 5.61. The zero-order chi connectivity index (χ0) is 14.5. The van der Waals surface area contributed by atoms with Gasteiger partial charge in [-0.25, -0.2) is 0 Å². The molecule has 3 rings (SSSR count). The van der Waals surface area contributed by atoms with Gasteiger partial charge in [-0.05, 0) is 31.4 Å². The van der Waals surface area contributed by atoms with E-state index in [2.05, 4.69) is 53.7 Å². The molecule has 2 heterocycles. The van der Waals surface area contributed by atoms with Gasteiger partial charge in [-0.1, -0.05) is 30.3 Å². The number of hydrogen-bond donors (Lipinski definition) is 1. The maximum absolute atomic E-state index is 5.42. The SMILES string of the molecule is C[C@H](N=C1C=CN(C2CCOCC2)CN1)c1ccccc1. The second kappa shape index (κ2) is 6.76. The van der Waals surface area contributed by atoms with E-state index in [1.807, 2.05) is 6.07 Å². The maximum atomic E-state index is 5.42. The molecule has 0 aromatic heterocycles. The van der Waals surface area contributed by atoms with E-state index >= 15 is 0 Å². The third-order valence-corrected chi connectivity index (χ3v) is 4.14. The predicted molar refractivity (Wildman–Crippen MR) is 85.1 cm³/mol. The molecule has 0 spiro atoms. The molecule has 112 valence electrons. The average Bonchev–Trinajstić information content (AvgIpc) is 2.57. The van der Waals surface area contributed by atoms with Crippen LogP contribution in [0.1, 0.15) is 31.4 Å². The van der Waals surface area contributed by atoms with Gasteiger partial charge in [0.25, 0.3) is 0 Å². The van der Waals surface area contributed by atoms with Crippen molar-refractivity contribution in [3.05, 3.63) is 48.2 Å². The summed E-state index contributed by atoms with van der Waals surface area (Å²) < 4.78 is 5.42. The van der Waals surface area contributed by atoms with Crippen LogP contribution in [-0.2, 0) is 4.74 Å². The summed E-state index contributed by atoms with van der Waals surface area (Å²) in [6, 6.07) is 11.2. The van der Waals surface area contributed by atoms with Crippen molar-refractivity contribution >= 4 is 5.84 Å². The van der Waals surface area contributed by atoms with E-state index in [1.54, 1.807) is 0 Å². The number of benzene rings is 1. The standard InChI is InChI=1S/C17H23N3O/c1-14(15-5-3-2-4-6-15)19-17-7-10-20(13-18-17)16-8-11-21-12-9-16/h2-7,10,14,16H,8-9,11-13H2,1H3,(H,18,19)/t14-/m0/s1. The lowest BCUT2D eigenvalue weighted by Crippen LogP contribution is -2.45. The van der Waals surface area contributed by atoms with Crippen molar-refractivity contribution in [1.29, 1.82) is 0 Å². The molecule has 2 aliphatic heterocycles. The molecule has 0 amide bonds. The first kappa shape index (κ1) is 14.1. The highest BCUT2D eigenvalue weighted by Gasteiger charge is 2.20. The van der Waals surface area contributed by atoms with Gasteiger partial charge in [0.05, 0.1) is 12.7 Å². The highest BCUT2D eigenvalue weighted by molar-refractivity contribution is 5.93. The lowest BCUT2D eigenvalue weighted by atomic mass is 10.1. The second-order valence-corrected chi connectivity index (χ2v) is 5.61. The third-order valence-electron chi connectivity index (χ3n) is 4.14. The molecular formula is C17H23N3O. The minimum Gasteiger partial charge on any atom is -0.381 e. The predicted octanol–water partition coefficient (Wildman–Crippen LogP) is 2.70. The highest BCUT2D eigenvalue weighted by atomic mass is 16.5. The number of hydrogen-bond acceptors (Lipinski definition) is 3. The fourth-order valence-corrected chi connectivity index (χ4v) is 2.82. The van der Waals surface area contributed by atoms with Gasteiger partial charge in [-0.2, -0.15) is 0 Å². The molecule has 4 heteroatoms. The van der Waals surface area contributed by atoms with E-state index < -0.39 is 0 Å². The van der Waals surface area contributed by atoms with Crippen LogP contribution in [0.15, 0.2) is 47.6 Å². The molecule has 1 atom stereocenters. The lowest BCUT2D eigenvalue weighted by Gasteiger charge is -2.35. The van der Waals surface area contributed by atoms with Gasteiger partial charge in [0.2, 0.25) is 0 Å². The molecule has 0 radical (unpaired) electrons. The van der Waals surface area contributed by atoms with Crippen molar-refractivity contribution in [2.45, 2.75) is 31.8 Å². The van der Waals surface area contributed by atoms with Crippen molar-refractivity contribution in [1.82, 2.24) is 10.2 Å². The van der Waals surface area contributed by atoms with Gasteiger partial charge in [0.15, 0.2) is 0 Å². The monoisotopic (exact) mass is 285 g/mol. The normalized spacial score (nSPS) is 23.1. The van der Waals surface area contributed by atoms with Crippen LogP contribution in [0.2, 0.25) is 0 Å². The summed E-state index contributed by atoms with van der Waals surface area (Å²) in [5, 5.41) is 3.42. The lowest BCUT2D eigenvalue weighted by molar-refractivity contribution is 0.0482. The Hall–Kier alpha value is -1.81. The van der Waals surface area contributed by atoms with Crippen molar-refractivity contribution in [3.63, 3.8) is 0 Å². The molecule has 1 N–H and O–H groups in total. The fourth-order valence-electron chi connectivity index (χ4n) is 2.82. The third kappa shape index (κ3) is 3.64. The Labute approximate surface area is 126 Å². The molecule has 0 bridgehead atoms. The van der Waals surface area contributed by atoms with Crippen molar-refractivity contribution in [2.75, 3.05) is 19.9 Å². The van der Waals surface area contributed by atoms with Gasteiger partial charge < -0.3 is 15.0 Å². The van der Waals surface area contributed by atoms with Crippen LogP contribution in [0.5, 0.6) is 0 Å². The number of aliphatic imine (C=N–C) groups is 1.